The summed E-state index contributed by atoms with van der Waals surface area (Å²) in [6.45, 7) is 0. The third-order valence-electron chi connectivity index (χ3n) is 3.82. The number of aromatic nitrogens is 4. The number of benzene rings is 2. The number of carbonyl (C=O) groups excluding carboxylic acids is 1. The average molecular weight is 330 g/mol. The summed E-state index contributed by atoms with van der Waals surface area (Å²) in [6.07, 6.45) is 2.24. The van der Waals surface area contributed by atoms with Crippen molar-refractivity contribution >= 4 is 17.3 Å². The largest absolute Gasteiger partial charge is 0.457 e. The molecule has 122 valence electrons. The van der Waals surface area contributed by atoms with Crippen LogP contribution < -0.4 is 4.74 Å². The van der Waals surface area contributed by atoms with Crippen molar-refractivity contribution in [1.82, 2.24) is 19.7 Å². The van der Waals surface area contributed by atoms with Crippen molar-refractivity contribution in [2.24, 2.45) is 7.05 Å². The van der Waals surface area contributed by atoms with Crippen LogP contribution in [0, 0.1) is 0 Å². The molecule has 0 amide bonds. The molecule has 0 aliphatic carbocycles. The van der Waals surface area contributed by atoms with E-state index in [1.165, 1.54) is 0 Å². The topological polar surface area (TPSA) is 69.9 Å². The molecule has 0 unspecified atom stereocenters. The van der Waals surface area contributed by atoms with Gasteiger partial charge < -0.3 is 4.74 Å². The van der Waals surface area contributed by atoms with Gasteiger partial charge in [-0.25, -0.2) is 9.97 Å². The molecular formula is C19H14N4O2. The smallest absolute Gasteiger partial charge is 0.193 e. The number of hydrogen-bond donors (Lipinski definition) is 0. The summed E-state index contributed by atoms with van der Waals surface area (Å²) in [4.78, 5) is 19.2. The van der Waals surface area contributed by atoms with Crippen molar-refractivity contribution in [3.05, 3.63) is 66.6 Å². The lowest BCUT2D eigenvalue weighted by Gasteiger charge is -2.06. The molecular weight excluding hydrogens is 316 g/mol. The minimum atomic E-state index is 0.144. The minimum Gasteiger partial charge on any atom is -0.457 e. The number of aldehydes is 1. The van der Waals surface area contributed by atoms with Crippen molar-refractivity contribution in [3.8, 4) is 22.8 Å². The molecule has 0 saturated heterocycles. The second-order valence-corrected chi connectivity index (χ2v) is 5.49. The van der Waals surface area contributed by atoms with Crippen molar-refractivity contribution in [2.75, 3.05) is 0 Å². The molecule has 4 rings (SSSR count). The summed E-state index contributed by atoms with van der Waals surface area (Å²) in [6, 6.07) is 17.2. The molecule has 25 heavy (non-hydrogen) atoms. The van der Waals surface area contributed by atoms with E-state index in [1.54, 1.807) is 10.9 Å². The SMILES string of the molecule is Cn1nc(-c2ccc(Oc3ccccc3)cc2)c2nc(C=O)ncc21. The first-order valence-electron chi connectivity index (χ1n) is 7.73. The van der Waals surface area contributed by atoms with Crippen LogP contribution in [0.1, 0.15) is 10.6 Å². The second-order valence-electron chi connectivity index (χ2n) is 5.49. The van der Waals surface area contributed by atoms with E-state index in [1.807, 2.05) is 61.6 Å². The first-order valence-corrected chi connectivity index (χ1v) is 7.73. The standard InChI is InChI=1S/C19H14N4O2/c1-23-16-11-20-17(12-24)21-19(16)18(22-23)13-7-9-15(10-8-13)25-14-5-3-2-4-6-14/h2-12H,1H3. The number of ether oxygens (including phenoxy) is 1. The number of aryl methyl sites for hydroxylation is 1. The highest BCUT2D eigenvalue weighted by molar-refractivity contribution is 5.90. The molecule has 0 N–H and O–H groups in total. The first-order chi connectivity index (χ1) is 12.2. The Kier molecular flexibility index (Phi) is 3.70. The van der Waals surface area contributed by atoms with Gasteiger partial charge in [-0.15, -0.1) is 0 Å². The van der Waals surface area contributed by atoms with Crippen LogP contribution in [-0.4, -0.2) is 26.0 Å². The van der Waals surface area contributed by atoms with E-state index >= 15 is 0 Å². The van der Waals surface area contributed by atoms with Crippen molar-refractivity contribution in [1.29, 1.82) is 0 Å². The lowest BCUT2D eigenvalue weighted by Crippen LogP contribution is -1.94. The third kappa shape index (κ3) is 2.85. The maximum Gasteiger partial charge on any atom is 0.193 e. The lowest BCUT2D eigenvalue weighted by atomic mass is 10.1. The quantitative estimate of drug-likeness (QED) is 0.534. The molecule has 4 aromatic rings. The zero-order valence-corrected chi connectivity index (χ0v) is 13.5. The Morgan fingerprint density at radius 2 is 1.72 bits per heavy atom. The third-order valence-corrected chi connectivity index (χ3v) is 3.82. The van der Waals surface area contributed by atoms with Gasteiger partial charge in [-0.05, 0) is 36.4 Å². The predicted molar refractivity (Wildman–Crippen MR) is 93.6 cm³/mol. The Morgan fingerprint density at radius 3 is 2.44 bits per heavy atom. The number of fused-ring (bicyclic) bond motifs is 1. The highest BCUT2D eigenvalue weighted by Gasteiger charge is 2.13. The first kappa shape index (κ1) is 15.0. The fourth-order valence-electron chi connectivity index (χ4n) is 2.61. The molecule has 0 bridgehead atoms. The van der Waals surface area contributed by atoms with Crippen LogP contribution in [0.3, 0.4) is 0 Å². The monoisotopic (exact) mass is 330 g/mol. The van der Waals surface area contributed by atoms with Gasteiger partial charge in [-0.1, -0.05) is 18.2 Å². The highest BCUT2D eigenvalue weighted by Crippen LogP contribution is 2.28. The van der Waals surface area contributed by atoms with Gasteiger partial charge in [0.25, 0.3) is 0 Å². The molecule has 0 atom stereocenters. The Balaban J connectivity index is 1.70. The van der Waals surface area contributed by atoms with Crippen molar-refractivity contribution < 1.29 is 9.53 Å². The summed E-state index contributed by atoms with van der Waals surface area (Å²) in [5, 5.41) is 4.51. The van der Waals surface area contributed by atoms with Gasteiger partial charge in [-0.3, -0.25) is 9.48 Å². The molecule has 2 heterocycles. The summed E-state index contributed by atoms with van der Waals surface area (Å²) in [7, 11) is 1.82. The van der Waals surface area contributed by atoms with E-state index in [-0.39, 0.29) is 5.82 Å². The van der Waals surface area contributed by atoms with Gasteiger partial charge in [0, 0.05) is 12.6 Å². The molecule has 6 heteroatoms. The van der Waals surface area contributed by atoms with Crippen LogP contribution in [0.15, 0.2) is 60.8 Å². The molecule has 0 aliphatic rings. The number of hydrogen-bond acceptors (Lipinski definition) is 5. The van der Waals surface area contributed by atoms with Gasteiger partial charge >= 0.3 is 0 Å². The van der Waals surface area contributed by atoms with Crippen LogP contribution in [0.25, 0.3) is 22.3 Å². The Hall–Kier alpha value is -3.54. The summed E-state index contributed by atoms with van der Waals surface area (Å²) in [5.74, 6) is 1.66. The second kappa shape index (κ2) is 6.16. The minimum absolute atomic E-state index is 0.144. The van der Waals surface area contributed by atoms with Gasteiger partial charge in [0.05, 0.1) is 6.20 Å². The highest BCUT2D eigenvalue weighted by atomic mass is 16.5. The molecule has 0 fully saturated rings. The van der Waals surface area contributed by atoms with Crippen LogP contribution in [0.4, 0.5) is 0 Å². The van der Waals surface area contributed by atoms with E-state index in [4.69, 9.17) is 4.74 Å². The van der Waals surface area contributed by atoms with Gasteiger partial charge in [0.1, 0.15) is 28.2 Å². The molecule has 2 aromatic heterocycles. The average Bonchev–Trinajstić information content (AvgIpc) is 2.99. The Bertz CT molecular complexity index is 1040. The van der Waals surface area contributed by atoms with Crippen LogP contribution >= 0.6 is 0 Å². The Labute approximate surface area is 143 Å². The fraction of sp³-hybridized carbons (Fsp3) is 0.0526. The summed E-state index contributed by atoms with van der Waals surface area (Å²) < 4.78 is 7.50. The summed E-state index contributed by atoms with van der Waals surface area (Å²) >= 11 is 0. The summed E-state index contributed by atoms with van der Waals surface area (Å²) in [5.41, 5.74) is 3.01. The molecule has 6 nitrogen and oxygen atoms in total. The number of rotatable bonds is 4. The van der Waals surface area contributed by atoms with E-state index in [0.29, 0.717) is 17.5 Å². The van der Waals surface area contributed by atoms with Crippen molar-refractivity contribution in [3.63, 3.8) is 0 Å². The number of carbonyl (C=O) groups is 1. The maximum absolute atomic E-state index is 11.0. The predicted octanol–water partition coefficient (Wildman–Crippen LogP) is 3.64. The number of nitrogens with zero attached hydrogens (tertiary/aromatic N) is 4. The van der Waals surface area contributed by atoms with Gasteiger partial charge in [0.2, 0.25) is 0 Å². The van der Waals surface area contributed by atoms with Crippen molar-refractivity contribution in [2.45, 2.75) is 0 Å². The molecule has 2 aromatic carbocycles. The van der Waals surface area contributed by atoms with E-state index in [9.17, 15) is 4.79 Å². The number of para-hydroxylation sites is 1. The molecule has 0 aliphatic heterocycles. The van der Waals surface area contributed by atoms with E-state index in [0.717, 1.165) is 22.6 Å². The maximum atomic E-state index is 11.0. The van der Waals surface area contributed by atoms with E-state index in [2.05, 4.69) is 15.1 Å². The van der Waals surface area contributed by atoms with E-state index < -0.39 is 0 Å². The molecule has 0 spiro atoms. The van der Waals surface area contributed by atoms with Crippen LogP contribution in [-0.2, 0) is 7.05 Å². The Morgan fingerprint density at radius 1 is 1.00 bits per heavy atom. The normalized spacial score (nSPS) is 10.8. The van der Waals surface area contributed by atoms with Gasteiger partial charge in [0.15, 0.2) is 12.1 Å². The molecule has 0 saturated carbocycles. The zero-order chi connectivity index (χ0) is 17.2. The lowest BCUT2D eigenvalue weighted by molar-refractivity contribution is 0.111. The van der Waals surface area contributed by atoms with Crippen LogP contribution in [0.2, 0.25) is 0 Å². The zero-order valence-electron chi connectivity index (χ0n) is 13.5. The van der Waals surface area contributed by atoms with Crippen LogP contribution in [0.5, 0.6) is 11.5 Å². The van der Waals surface area contributed by atoms with Gasteiger partial charge in [-0.2, -0.15) is 5.10 Å². The fourth-order valence-corrected chi connectivity index (χ4v) is 2.61. The molecule has 0 radical (unpaired) electrons.